The summed E-state index contributed by atoms with van der Waals surface area (Å²) in [6.07, 6.45) is 2.13. The minimum Gasteiger partial charge on any atom is -0.491 e. The first kappa shape index (κ1) is 20.6. The fourth-order valence-electron chi connectivity index (χ4n) is 1.86. The number of nitrogens with zero attached hydrogens (tertiary/aromatic N) is 1. The maximum Gasteiger partial charge on any atom is 0.191 e. The lowest BCUT2D eigenvalue weighted by molar-refractivity contribution is 0.146. The molecule has 0 unspecified atom stereocenters. The Morgan fingerprint density at radius 2 is 2.04 bits per heavy atom. The molecule has 0 bridgehead atoms. The second-order valence-corrected chi connectivity index (χ2v) is 7.51. The summed E-state index contributed by atoms with van der Waals surface area (Å²) in [5, 5.41) is 6.70. The van der Waals surface area contributed by atoms with Gasteiger partial charge in [0.2, 0.25) is 0 Å². The van der Waals surface area contributed by atoms with Crippen molar-refractivity contribution in [2.24, 2.45) is 4.99 Å². The van der Waals surface area contributed by atoms with Crippen LogP contribution >= 0.6 is 11.8 Å². The van der Waals surface area contributed by atoms with E-state index in [0.29, 0.717) is 19.8 Å². The van der Waals surface area contributed by atoms with E-state index in [1.165, 1.54) is 0 Å². The van der Waals surface area contributed by atoms with E-state index in [-0.39, 0.29) is 4.75 Å². The van der Waals surface area contributed by atoms with Gasteiger partial charge in [-0.3, -0.25) is 0 Å². The maximum absolute atomic E-state index is 5.64. The van der Waals surface area contributed by atoms with E-state index in [0.717, 1.165) is 30.4 Å². The summed E-state index contributed by atoms with van der Waals surface area (Å²) in [7, 11) is 1.67. The number of ether oxygens (including phenoxy) is 2. The molecule has 136 valence electrons. The van der Waals surface area contributed by atoms with Crippen LogP contribution in [0.15, 0.2) is 29.3 Å². The molecule has 0 radical (unpaired) electrons. The molecule has 0 atom stereocenters. The molecule has 6 heteroatoms. The molecule has 1 aromatic carbocycles. The summed E-state index contributed by atoms with van der Waals surface area (Å²) < 4.78 is 10.8. The molecule has 0 amide bonds. The first-order valence-corrected chi connectivity index (χ1v) is 9.51. The molecule has 0 saturated heterocycles. The van der Waals surface area contributed by atoms with Crippen LogP contribution in [0.3, 0.4) is 0 Å². The van der Waals surface area contributed by atoms with Crippen LogP contribution in [0, 0.1) is 0 Å². The highest BCUT2D eigenvalue weighted by Crippen LogP contribution is 2.19. The Labute approximate surface area is 150 Å². The molecule has 0 spiro atoms. The van der Waals surface area contributed by atoms with Crippen LogP contribution in [0.25, 0.3) is 0 Å². The van der Waals surface area contributed by atoms with Crippen LogP contribution in [-0.2, 0) is 11.3 Å². The molecule has 24 heavy (non-hydrogen) atoms. The van der Waals surface area contributed by atoms with Crippen molar-refractivity contribution < 1.29 is 9.47 Å². The summed E-state index contributed by atoms with van der Waals surface area (Å²) in [4.78, 5) is 4.66. The van der Waals surface area contributed by atoms with Crippen molar-refractivity contribution in [2.75, 3.05) is 39.7 Å². The van der Waals surface area contributed by atoms with Crippen LogP contribution in [0.5, 0.6) is 5.75 Å². The molecule has 2 N–H and O–H groups in total. The van der Waals surface area contributed by atoms with Gasteiger partial charge >= 0.3 is 0 Å². The largest absolute Gasteiger partial charge is 0.491 e. The van der Waals surface area contributed by atoms with Gasteiger partial charge in [0.25, 0.3) is 0 Å². The minimum atomic E-state index is 0.172. The van der Waals surface area contributed by atoms with Crippen LogP contribution in [0.1, 0.15) is 26.3 Å². The number of thioether (sulfide) groups is 1. The van der Waals surface area contributed by atoms with E-state index in [2.05, 4.69) is 48.7 Å². The van der Waals surface area contributed by atoms with Gasteiger partial charge in [0.1, 0.15) is 12.4 Å². The van der Waals surface area contributed by atoms with Gasteiger partial charge in [-0.2, -0.15) is 11.8 Å². The van der Waals surface area contributed by atoms with Crippen molar-refractivity contribution in [1.82, 2.24) is 10.6 Å². The predicted molar refractivity (Wildman–Crippen MR) is 104 cm³/mol. The Balaban J connectivity index is 2.63. The van der Waals surface area contributed by atoms with Gasteiger partial charge in [-0.1, -0.05) is 12.1 Å². The number of methoxy groups -OCH3 is 1. The first-order valence-electron chi connectivity index (χ1n) is 8.28. The van der Waals surface area contributed by atoms with E-state index in [1.54, 1.807) is 7.11 Å². The number of hydrogen-bond donors (Lipinski definition) is 2. The Morgan fingerprint density at radius 1 is 1.25 bits per heavy atom. The third kappa shape index (κ3) is 8.45. The van der Waals surface area contributed by atoms with Gasteiger partial charge in [-0.05, 0) is 44.7 Å². The SMILES string of the molecule is CCNC(=NCc1cccc(OCCOC)c1)NCC(C)(C)SC. The van der Waals surface area contributed by atoms with E-state index in [4.69, 9.17) is 9.47 Å². The molecule has 0 aromatic heterocycles. The van der Waals surface area contributed by atoms with Gasteiger partial charge in [-0.25, -0.2) is 4.99 Å². The number of hydrogen-bond acceptors (Lipinski definition) is 4. The summed E-state index contributed by atoms with van der Waals surface area (Å²) in [5.41, 5.74) is 1.12. The zero-order chi connectivity index (χ0) is 17.8. The lowest BCUT2D eigenvalue weighted by atomic mass is 10.2. The third-order valence-corrected chi connectivity index (χ3v) is 4.70. The normalized spacial score (nSPS) is 12.1. The lowest BCUT2D eigenvalue weighted by Crippen LogP contribution is -2.43. The monoisotopic (exact) mass is 353 g/mol. The fourth-order valence-corrected chi connectivity index (χ4v) is 2.07. The molecule has 0 fully saturated rings. The van der Waals surface area contributed by atoms with E-state index in [9.17, 15) is 0 Å². The van der Waals surface area contributed by atoms with Crippen molar-refractivity contribution in [3.63, 3.8) is 0 Å². The minimum absolute atomic E-state index is 0.172. The zero-order valence-corrected chi connectivity index (χ0v) is 16.3. The average molecular weight is 354 g/mol. The van der Waals surface area contributed by atoms with Gasteiger partial charge in [-0.15, -0.1) is 0 Å². The second kappa shape index (κ2) is 11.2. The van der Waals surface area contributed by atoms with Gasteiger partial charge in [0.05, 0.1) is 13.2 Å². The molecular weight excluding hydrogens is 322 g/mol. The summed E-state index contributed by atoms with van der Waals surface area (Å²) in [6.45, 7) is 9.95. The number of aliphatic imine (C=N–C) groups is 1. The lowest BCUT2D eigenvalue weighted by Gasteiger charge is -2.23. The van der Waals surface area contributed by atoms with Gasteiger partial charge in [0, 0.05) is 24.9 Å². The van der Waals surface area contributed by atoms with Crippen molar-refractivity contribution >= 4 is 17.7 Å². The molecule has 0 aliphatic carbocycles. The smallest absolute Gasteiger partial charge is 0.191 e. The number of benzene rings is 1. The molecule has 5 nitrogen and oxygen atoms in total. The quantitative estimate of drug-likeness (QED) is 0.385. The number of rotatable bonds is 10. The van der Waals surface area contributed by atoms with Crippen molar-refractivity contribution in [3.05, 3.63) is 29.8 Å². The summed E-state index contributed by atoms with van der Waals surface area (Å²) in [5.74, 6) is 1.69. The molecule has 1 aromatic rings. The topological polar surface area (TPSA) is 54.9 Å². The molecule has 0 aliphatic heterocycles. The Kier molecular flexibility index (Phi) is 9.64. The molecular formula is C18H31N3O2S. The van der Waals surface area contributed by atoms with Gasteiger partial charge < -0.3 is 20.1 Å². The number of nitrogens with one attached hydrogen (secondary N) is 2. The van der Waals surface area contributed by atoms with E-state index >= 15 is 0 Å². The first-order chi connectivity index (χ1) is 11.5. The molecule has 1 rings (SSSR count). The van der Waals surface area contributed by atoms with Gasteiger partial charge in [0.15, 0.2) is 5.96 Å². The Morgan fingerprint density at radius 3 is 2.71 bits per heavy atom. The van der Waals surface area contributed by atoms with Crippen molar-refractivity contribution in [2.45, 2.75) is 32.1 Å². The van der Waals surface area contributed by atoms with Crippen molar-refractivity contribution in [1.29, 1.82) is 0 Å². The number of guanidine groups is 1. The average Bonchev–Trinajstić information content (AvgIpc) is 2.58. The van der Waals surface area contributed by atoms with Crippen LogP contribution in [0.4, 0.5) is 0 Å². The third-order valence-electron chi connectivity index (χ3n) is 3.45. The highest BCUT2D eigenvalue weighted by atomic mass is 32.2. The van der Waals surface area contributed by atoms with Crippen LogP contribution in [-0.4, -0.2) is 50.4 Å². The van der Waals surface area contributed by atoms with E-state index < -0.39 is 0 Å². The van der Waals surface area contributed by atoms with E-state index in [1.807, 2.05) is 30.0 Å². The van der Waals surface area contributed by atoms with Crippen molar-refractivity contribution in [3.8, 4) is 5.75 Å². The highest BCUT2D eigenvalue weighted by molar-refractivity contribution is 7.99. The molecule has 0 heterocycles. The predicted octanol–water partition coefficient (Wildman–Crippen LogP) is 2.91. The standard InChI is InChI=1S/C18H31N3O2S/c1-6-19-17(21-14-18(2,3)24-5)20-13-15-8-7-9-16(12-15)23-11-10-22-4/h7-9,12H,6,10-11,13-14H2,1-5H3,(H2,19,20,21). The Bertz CT molecular complexity index is 507. The maximum atomic E-state index is 5.64. The molecule has 0 saturated carbocycles. The molecule has 0 aliphatic rings. The summed E-state index contributed by atoms with van der Waals surface area (Å²) >= 11 is 1.84. The van der Waals surface area contributed by atoms with Crippen LogP contribution in [0.2, 0.25) is 0 Å². The zero-order valence-electron chi connectivity index (χ0n) is 15.5. The fraction of sp³-hybridized carbons (Fsp3) is 0.611. The summed E-state index contributed by atoms with van der Waals surface area (Å²) in [6, 6.07) is 8.02. The second-order valence-electron chi connectivity index (χ2n) is 6.00. The highest BCUT2D eigenvalue weighted by Gasteiger charge is 2.16. The van der Waals surface area contributed by atoms with Crippen LogP contribution < -0.4 is 15.4 Å². The Hall–Kier alpha value is -1.40.